The summed E-state index contributed by atoms with van der Waals surface area (Å²) in [4.78, 5) is 12.4. The minimum Gasteiger partial charge on any atom is -0.454 e. The Morgan fingerprint density at radius 1 is 1.32 bits per heavy atom. The maximum absolute atomic E-state index is 12.4. The SMILES string of the molecule is Cc1ccc(NC(=O)/C(C#N)=C/c2cc3c(cc2Br)OCO3)cc1Cl. The Labute approximate surface area is 157 Å². The predicted octanol–water partition coefficient (Wildman–Crippen LogP) is 4.69. The monoisotopic (exact) mass is 418 g/mol. The Morgan fingerprint density at radius 3 is 2.72 bits per heavy atom. The van der Waals surface area contributed by atoms with Crippen LogP contribution in [0.2, 0.25) is 5.02 Å². The zero-order valence-electron chi connectivity index (χ0n) is 13.1. The van der Waals surface area contributed by atoms with Crippen molar-refractivity contribution in [3.05, 3.63) is 56.5 Å². The van der Waals surface area contributed by atoms with Crippen LogP contribution in [0.3, 0.4) is 0 Å². The zero-order valence-corrected chi connectivity index (χ0v) is 15.4. The van der Waals surface area contributed by atoms with E-state index in [0.29, 0.717) is 32.2 Å². The van der Waals surface area contributed by atoms with Gasteiger partial charge in [0.25, 0.3) is 5.91 Å². The van der Waals surface area contributed by atoms with Crippen LogP contribution >= 0.6 is 27.5 Å². The number of benzene rings is 2. The Morgan fingerprint density at radius 2 is 2.04 bits per heavy atom. The highest BCUT2D eigenvalue weighted by Crippen LogP contribution is 2.37. The van der Waals surface area contributed by atoms with Gasteiger partial charge in [0.1, 0.15) is 11.6 Å². The largest absolute Gasteiger partial charge is 0.454 e. The molecule has 1 aliphatic heterocycles. The van der Waals surface area contributed by atoms with Crippen LogP contribution in [-0.2, 0) is 4.79 Å². The second kappa shape index (κ2) is 7.18. The molecule has 0 aromatic heterocycles. The molecule has 1 heterocycles. The van der Waals surface area contributed by atoms with Gasteiger partial charge in [0.05, 0.1) is 0 Å². The van der Waals surface area contributed by atoms with Crippen molar-refractivity contribution in [1.82, 2.24) is 0 Å². The summed E-state index contributed by atoms with van der Waals surface area (Å²) in [6, 6.07) is 10.5. The molecule has 0 radical (unpaired) electrons. The van der Waals surface area contributed by atoms with Crippen LogP contribution in [0.1, 0.15) is 11.1 Å². The fraction of sp³-hybridized carbons (Fsp3) is 0.111. The first-order chi connectivity index (χ1) is 12.0. The summed E-state index contributed by atoms with van der Waals surface area (Å²) in [6.07, 6.45) is 1.48. The minimum atomic E-state index is -0.521. The molecule has 0 atom stereocenters. The number of aryl methyl sites for hydroxylation is 1. The second-order valence-electron chi connectivity index (χ2n) is 5.31. The highest BCUT2D eigenvalue weighted by atomic mass is 79.9. The average Bonchev–Trinajstić information content (AvgIpc) is 3.02. The zero-order chi connectivity index (χ0) is 18.0. The van der Waals surface area contributed by atoms with E-state index in [2.05, 4.69) is 21.2 Å². The molecule has 0 aliphatic carbocycles. The number of nitrogens with zero attached hydrogens (tertiary/aromatic N) is 1. The van der Waals surface area contributed by atoms with Crippen LogP contribution in [0.25, 0.3) is 6.08 Å². The molecular weight excluding hydrogens is 408 g/mol. The van der Waals surface area contributed by atoms with Crippen LogP contribution in [0.4, 0.5) is 5.69 Å². The van der Waals surface area contributed by atoms with Crippen LogP contribution in [0.5, 0.6) is 11.5 Å². The molecule has 3 rings (SSSR count). The molecule has 25 heavy (non-hydrogen) atoms. The van der Waals surface area contributed by atoms with Crippen LogP contribution in [0.15, 0.2) is 40.4 Å². The van der Waals surface area contributed by atoms with Gasteiger partial charge in [0.2, 0.25) is 6.79 Å². The van der Waals surface area contributed by atoms with E-state index in [0.717, 1.165) is 5.56 Å². The first kappa shape index (κ1) is 17.3. The maximum Gasteiger partial charge on any atom is 0.266 e. The van der Waals surface area contributed by atoms with Crippen molar-refractivity contribution in [3.8, 4) is 17.6 Å². The third-order valence-electron chi connectivity index (χ3n) is 3.59. The summed E-state index contributed by atoms with van der Waals surface area (Å²) in [7, 11) is 0. The maximum atomic E-state index is 12.4. The second-order valence-corrected chi connectivity index (χ2v) is 6.58. The summed E-state index contributed by atoms with van der Waals surface area (Å²) in [5.41, 5.74) is 2.01. The summed E-state index contributed by atoms with van der Waals surface area (Å²) in [5.74, 6) is 0.658. The van der Waals surface area contributed by atoms with E-state index in [-0.39, 0.29) is 12.4 Å². The molecule has 7 heteroatoms. The van der Waals surface area contributed by atoms with Crippen LogP contribution in [0, 0.1) is 18.3 Å². The van der Waals surface area contributed by atoms with Gasteiger partial charge in [0.15, 0.2) is 11.5 Å². The summed E-state index contributed by atoms with van der Waals surface area (Å²) >= 11 is 9.45. The third kappa shape index (κ3) is 3.78. The quantitative estimate of drug-likeness (QED) is 0.579. The highest BCUT2D eigenvalue weighted by Gasteiger charge is 2.17. The van der Waals surface area contributed by atoms with Gasteiger partial charge in [0, 0.05) is 15.2 Å². The fourth-order valence-corrected chi connectivity index (χ4v) is 2.83. The lowest BCUT2D eigenvalue weighted by atomic mass is 10.1. The Bertz CT molecular complexity index is 935. The third-order valence-corrected chi connectivity index (χ3v) is 4.68. The molecule has 0 saturated carbocycles. The van der Waals surface area contributed by atoms with Crippen molar-refractivity contribution < 1.29 is 14.3 Å². The molecule has 0 spiro atoms. The van der Waals surface area contributed by atoms with Crippen LogP contribution in [-0.4, -0.2) is 12.7 Å². The molecule has 1 aliphatic rings. The molecule has 5 nitrogen and oxygen atoms in total. The topological polar surface area (TPSA) is 71.4 Å². The normalized spacial score (nSPS) is 12.6. The number of carbonyl (C=O) groups excluding carboxylic acids is 1. The molecule has 1 N–H and O–H groups in total. The van der Waals surface area contributed by atoms with Gasteiger partial charge in [-0.2, -0.15) is 5.26 Å². The summed E-state index contributed by atoms with van der Waals surface area (Å²) in [6.45, 7) is 2.01. The number of amides is 1. The Balaban J connectivity index is 1.86. The van der Waals surface area contributed by atoms with Crippen LogP contribution < -0.4 is 14.8 Å². The number of halogens is 2. The fourth-order valence-electron chi connectivity index (χ4n) is 2.22. The minimum absolute atomic E-state index is 0.0451. The number of nitriles is 1. The standard InChI is InChI=1S/C18H12BrClN2O3/c1-10-2-3-13(6-15(10)20)22-18(23)12(8-21)4-11-5-16-17(7-14(11)19)25-9-24-16/h2-7H,9H2,1H3,(H,22,23)/b12-4+. The molecule has 1 amide bonds. The van der Waals surface area contributed by atoms with Crippen molar-refractivity contribution in [2.75, 3.05) is 12.1 Å². The molecule has 0 unspecified atom stereocenters. The highest BCUT2D eigenvalue weighted by molar-refractivity contribution is 9.10. The van der Waals surface area contributed by atoms with E-state index in [1.807, 2.05) is 13.0 Å². The number of rotatable bonds is 3. The Kier molecular flexibility index (Phi) is 4.98. The van der Waals surface area contributed by atoms with Crippen molar-refractivity contribution in [3.63, 3.8) is 0 Å². The number of nitrogens with one attached hydrogen (secondary N) is 1. The Hall–Kier alpha value is -2.49. The summed E-state index contributed by atoms with van der Waals surface area (Å²) in [5, 5.41) is 12.6. The van der Waals surface area contributed by atoms with E-state index < -0.39 is 5.91 Å². The van der Waals surface area contributed by atoms with E-state index in [1.165, 1.54) is 6.08 Å². The van der Waals surface area contributed by atoms with Crippen molar-refractivity contribution >= 4 is 45.2 Å². The number of hydrogen-bond donors (Lipinski definition) is 1. The van der Waals surface area contributed by atoms with Gasteiger partial charge < -0.3 is 14.8 Å². The summed E-state index contributed by atoms with van der Waals surface area (Å²) < 4.78 is 11.3. The smallest absolute Gasteiger partial charge is 0.266 e. The predicted molar refractivity (Wildman–Crippen MR) is 98.7 cm³/mol. The van der Waals surface area contributed by atoms with Crippen molar-refractivity contribution in [2.24, 2.45) is 0 Å². The van der Waals surface area contributed by atoms with Gasteiger partial charge in [-0.1, -0.05) is 33.6 Å². The molecule has 0 saturated heterocycles. The van der Waals surface area contributed by atoms with Gasteiger partial charge in [-0.25, -0.2) is 0 Å². The lowest BCUT2D eigenvalue weighted by Gasteiger charge is -2.07. The lowest BCUT2D eigenvalue weighted by Crippen LogP contribution is -2.13. The van der Waals surface area contributed by atoms with E-state index in [4.69, 9.17) is 21.1 Å². The molecule has 2 aromatic carbocycles. The first-order valence-electron chi connectivity index (χ1n) is 7.26. The first-order valence-corrected chi connectivity index (χ1v) is 8.43. The number of hydrogen-bond acceptors (Lipinski definition) is 4. The van der Waals surface area contributed by atoms with Gasteiger partial charge in [-0.15, -0.1) is 0 Å². The number of ether oxygens (including phenoxy) is 2. The molecule has 0 bridgehead atoms. The van der Waals surface area contributed by atoms with Gasteiger partial charge in [-0.3, -0.25) is 4.79 Å². The number of anilines is 1. The van der Waals surface area contributed by atoms with E-state index >= 15 is 0 Å². The van der Waals surface area contributed by atoms with Crippen molar-refractivity contribution in [2.45, 2.75) is 6.92 Å². The van der Waals surface area contributed by atoms with E-state index in [9.17, 15) is 10.1 Å². The average molecular weight is 420 g/mol. The molecule has 2 aromatic rings. The van der Waals surface area contributed by atoms with Gasteiger partial charge >= 0.3 is 0 Å². The lowest BCUT2D eigenvalue weighted by molar-refractivity contribution is -0.112. The van der Waals surface area contributed by atoms with Crippen molar-refractivity contribution in [1.29, 1.82) is 5.26 Å². The molecule has 126 valence electrons. The molecular formula is C18H12BrClN2O3. The van der Waals surface area contributed by atoms with Gasteiger partial charge in [-0.05, 0) is 48.4 Å². The number of fused-ring (bicyclic) bond motifs is 1. The molecule has 0 fully saturated rings. The number of carbonyl (C=O) groups is 1. The van der Waals surface area contributed by atoms with E-state index in [1.54, 1.807) is 30.3 Å².